The fourth-order valence-electron chi connectivity index (χ4n) is 2.89. The number of hydrogen-bond donors (Lipinski definition) is 1. The average molecular weight is 329 g/mol. The van der Waals surface area contributed by atoms with Gasteiger partial charge in [-0.25, -0.2) is 14.2 Å². The van der Waals surface area contributed by atoms with Crippen molar-refractivity contribution in [1.29, 1.82) is 0 Å². The third kappa shape index (κ3) is 3.35. The Bertz CT molecular complexity index is 769. The Labute approximate surface area is 142 Å². The van der Waals surface area contributed by atoms with E-state index in [-0.39, 0.29) is 23.9 Å². The lowest BCUT2D eigenvalue weighted by Gasteiger charge is -2.28. The zero-order valence-corrected chi connectivity index (χ0v) is 14.6. The van der Waals surface area contributed by atoms with Crippen LogP contribution in [0.25, 0.3) is 10.8 Å². The van der Waals surface area contributed by atoms with E-state index in [2.05, 4.69) is 5.32 Å². The van der Waals surface area contributed by atoms with Crippen LogP contribution in [0, 0.1) is 5.82 Å². The van der Waals surface area contributed by atoms with Crippen LogP contribution in [-0.2, 0) is 0 Å². The second-order valence-corrected chi connectivity index (χ2v) is 7.08. The standard InChI is InChI=1S/C19H24FN3O/c1-11(2)21-19(24)23(12(3)4)18-16-10-15(20)8-7-14(16)9-17(22-18)13-5-6-13/h7-13H,5-6H2,1-4H3,(H,21,24). The van der Waals surface area contributed by atoms with E-state index >= 15 is 0 Å². The van der Waals surface area contributed by atoms with E-state index in [1.54, 1.807) is 11.0 Å². The second-order valence-electron chi connectivity index (χ2n) is 7.08. The van der Waals surface area contributed by atoms with Crippen LogP contribution < -0.4 is 10.2 Å². The number of nitrogens with zero attached hydrogens (tertiary/aromatic N) is 2. The van der Waals surface area contributed by atoms with Crippen molar-refractivity contribution in [3.63, 3.8) is 0 Å². The summed E-state index contributed by atoms with van der Waals surface area (Å²) < 4.78 is 13.8. The summed E-state index contributed by atoms with van der Waals surface area (Å²) in [5.74, 6) is 0.681. The summed E-state index contributed by atoms with van der Waals surface area (Å²) in [7, 11) is 0. The molecule has 1 N–H and O–H groups in total. The lowest BCUT2D eigenvalue weighted by Crippen LogP contribution is -2.47. The van der Waals surface area contributed by atoms with Gasteiger partial charge < -0.3 is 5.32 Å². The monoisotopic (exact) mass is 329 g/mol. The molecule has 1 heterocycles. The van der Waals surface area contributed by atoms with E-state index in [1.165, 1.54) is 12.1 Å². The number of halogens is 1. The number of benzene rings is 1. The summed E-state index contributed by atoms with van der Waals surface area (Å²) in [6.45, 7) is 7.72. The van der Waals surface area contributed by atoms with E-state index in [0.29, 0.717) is 17.1 Å². The predicted octanol–water partition coefficient (Wildman–Crippen LogP) is 4.58. The molecule has 4 nitrogen and oxygen atoms in total. The molecule has 0 atom stereocenters. The first-order valence-corrected chi connectivity index (χ1v) is 8.56. The Morgan fingerprint density at radius 2 is 1.96 bits per heavy atom. The second kappa shape index (κ2) is 6.38. The van der Waals surface area contributed by atoms with Crippen molar-refractivity contribution < 1.29 is 9.18 Å². The van der Waals surface area contributed by atoms with E-state index in [9.17, 15) is 9.18 Å². The summed E-state index contributed by atoms with van der Waals surface area (Å²) in [4.78, 5) is 19.1. The summed E-state index contributed by atoms with van der Waals surface area (Å²) in [5.41, 5.74) is 0.993. The quantitative estimate of drug-likeness (QED) is 0.892. The smallest absolute Gasteiger partial charge is 0.323 e. The number of nitrogens with one attached hydrogen (secondary N) is 1. The van der Waals surface area contributed by atoms with Gasteiger partial charge in [-0.3, -0.25) is 4.90 Å². The van der Waals surface area contributed by atoms with Crippen LogP contribution >= 0.6 is 0 Å². The molecule has 2 aromatic rings. The minimum absolute atomic E-state index is 0.0216. The molecule has 5 heteroatoms. The van der Waals surface area contributed by atoms with Gasteiger partial charge in [-0.05, 0) is 64.1 Å². The maximum Gasteiger partial charge on any atom is 0.323 e. The van der Waals surface area contributed by atoms with Gasteiger partial charge in [-0.15, -0.1) is 0 Å². The van der Waals surface area contributed by atoms with Crippen molar-refractivity contribution in [3.05, 3.63) is 35.8 Å². The van der Waals surface area contributed by atoms with Crippen molar-refractivity contribution in [2.45, 2.75) is 58.5 Å². The molecule has 1 aliphatic carbocycles. The van der Waals surface area contributed by atoms with Crippen LogP contribution in [-0.4, -0.2) is 23.1 Å². The van der Waals surface area contributed by atoms with Gasteiger partial charge in [0.25, 0.3) is 0 Å². The Morgan fingerprint density at radius 3 is 2.54 bits per heavy atom. The first-order chi connectivity index (χ1) is 11.4. The molecule has 0 radical (unpaired) electrons. The molecule has 128 valence electrons. The number of pyridine rings is 1. The molecule has 1 fully saturated rings. The van der Waals surface area contributed by atoms with E-state index in [1.807, 2.05) is 33.8 Å². The highest BCUT2D eigenvalue weighted by atomic mass is 19.1. The Kier molecular flexibility index (Phi) is 4.43. The molecule has 0 bridgehead atoms. The fraction of sp³-hybridized carbons (Fsp3) is 0.474. The molecule has 1 aromatic carbocycles. The van der Waals surface area contributed by atoms with Gasteiger partial charge in [0.15, 0.2) is 0 Å². The van der Waals surface area contributed by atoms with Gasteiger partial charge in [0, 0.05) is 29.1 Å². The van der Waals surface area contributed by atoms with Crippen LogP contribution in [0.4, 0.5) is 15.0 Å². The molecule has 1 saturated carbocycles. The zero-order valence-electron chi connectivity index (χ0n) is 14.6. The van der Waals surface area contributed by atoms with Gasteiger partial charge in [-0.2, -0.15) is 0 Å². The maximum absolute atomic E-state index is 13.8. The number of carbonyl (C=O) groups is 1. The summed E-state index contributed by atoms with van der Waals surface area (Å²) >= 11 is 0. The molecule has 1 aliphatic rings. The first-order valence-electron chi connectivity index (χ1n) is 8.56. The molecule has 1 aromatic heterocycles. The summed E-state index contributed by atoms with van der Waals surface area (Å²) in [5, 5.41) is 4.52. The molecular formula is C19H24FN3O. The van der Waals surface area contributed by atoms with Gasteiger partial charge >= 0.3 is 6.03 Å². The number of urea groups is 1. The molecule has 0 aliphatic heterocycles. The number of fused-ring (bicyclic) bond motifs is 1. The van der Waals surface area contributed by atoms with Crippen LogP contribution in [0.2, 0.25) is 0 Å². The molecule has 2 amide bonds. The Morgan fingerprint density at radius 1 is 1.25 bits per heavy atom. The van der Waals surface area contributed by atoms with Gasteiger partial charge in [-0.1, -0.05) is 6.07 Å². The molecule has 0 spiro atoms. The van der Waals surface area contributed by atoms with Crippen molar-refractivity contribution in [2.24, 2.45) is 0 Å². The molecular weight excluding hydrogens is 305 g/mol. The predicted molar refractivity (Wildman–Crippen MR) is 95.0 cm³/mol. The topological polar surface area (TPSA) is 45.2 Å². The van der Waals surface area contributed by atoms with Crippen LogP contribution in [0.1, 0.15) is 52.1 Å². The van der Waals surface area contributed by atoms with Crippen LogP contribution in [0.5, 0.6) is 0 Å². The molecule has 24 heavy (non-hydrogen) atoms. The molecule has 0 unspecified atom stereocenters. The number of hydrogen-bond acceptors (Lipinski definition) is 2. The number of aromatic nitrogens is 1. The minimum atomic E-state index is -0.322. The van der Waals surface area contributed by atoms with Crippen LogP contribution in [0.3, 0.4) is 0 Å². The van der Waals surface area contributed by atoms with Crippen molar-refractivity contribution in [2.75, 3.05) is 4.90 Å². The summed E-state index contributed by atoms with van der Waals surface area (Å²) in [6.07, 6.45) is 2.25. The third-order valence-corrected chi connectivity index (χ3v) is 4.17. The highest BCUT2D eigenvalue weighted by Gasteiger charge is 2.29. The van der Waals surface area contributed by atoms with Crippen LogP contribution in [0.15, 0.2) is 24.3 Å². The van der Waals surface area contributed by atoms with Crippen molar-refractivity contribution in [1.82, 2.24) is 10.3 Å². The third-order valence-electron chi connectivity index (χ3n) is 4.17. The van der Waals surface area contributed by atoms with Gasteiger partial charge in [0.2, 0.25) is 0 Å². The van der Waals surface area contributed by atoms with Crippen molar-refractivity contribution in [3.8, 4) is 0 Å². The largest absolute Gasteiger partial charge is 0.335 e. The first kappa shape index (κ1) is 16.7. The van der Waals surface area contributed by atoms with Gasteiger partial charge in [0.05, 0.1) is 0 Å². The SMILES string of the molecule is CC(C)NC(=O)N(c1nc(C2CC2)cc2ccc(F)cc12)C(C)C. The number of amides is 2. The van der Waals surface area contributed by atoms with Gasteiger partial charge in [0.1, 0.15) is 11.6 Å². The number of anilines is 1. The van der Waals surface area contributed by atoms with Crippen molar-refractivity contribution >= 4 is 22.6 Å². The highest BCUT2D eigenvalue weighted by Crippen LogP contribution is 2.41. The fourth-order valence-corrected chi connectivity index (χ4v) is 2.89. The highest BCUT2D eigenvalue weighted by molar-refractivity contribution is 6.02. The molecule has 0 saturated heterocycles. The zero-order chi connectivity index (χ0) is 17.4. The lowest BCUT2D eigenvalue weighted by atomic mass is 10.1. The number of carbonyl (C=O) groups excluding carboxylic acids is 1. The minimum Gasteiger partial charge on any atom is -0.335 e. The average Bonchev–Trinajstić information content (AvgIpc) is 3.31. The molecule has 3 rings (SSSR count). The maximum atomic E-state index is 13.8. The van der Waals surface area contributed by atoms with E-state index < -0.39 is 0 Å². The lowest BCUT2D eigenvalue weighted by molar-refractivity contribution is 0.242. The van der Waals surface area contributed by atoms with E-state index in [4.69, 9.17) is 4.98 Å². The number of rotatable bonds is 4. The Hall–Kier alpha value is -2.17. The Balaban J connectivity index is 2.16. The summed E-state index contributed by atoms with van der Waals surface area (Å²) in [6, 6.07) is 6.44. The normalized spacial score (nSPS) is 14.5. The van der Waals surface area contributed by atoms with E-state index in [0.717, 1.165) is 23.9 Å².